The summed E-state index contributed by atoms with van der Waals surface area (Å²) in [5, 5.41) is 7.40. The summed E-state index contributed by atoms with van der Waals surface area (Å²) in [6.45, 7) is 4.25. The minimum absolute atomic E-state index is 0.0995. The van der Waals surface area contributed by atoms with Gasteiger partial charge in [0.25, 0.3) is 10.0 Å². The highest BCUT2D eigenvalue weighted by Gasteiger charge is 2.29. The molecule has 0 aliphatic carbocycles. The van der Waals surface area contributed by atoms with Gasteiger partial charge in [0, 0.05) is 32.6 Å². The van der Waals surface area contributed by atoms with Gasteiger partial charge in [0.2, 0.25) is 0 Å². The van der Waals surface area contributed by atoms with E-state index in [1.54, 1.807) is 0 Å². The molecule has 112 valence electrons. The monoisotopic (exact) mass is 300 g/mol. The summed E-state index contributed by atoms with van der Waals surface area (Å²) in [5.41, 5.74) is 5.35. The zero-order valence-electron chi connectivity index (χ0n) is 11.5. The van der Waals surface area contributed by atoms with Crippen LogP contribution >= 0.6 is 0 Å². The lowest BCUT2D eigenvalue weighted by molar-refractivity contribution is 0.208. The van der Waals surface area contributed by atoms with Crippen molar-refractivity contribution in [2.45, 2.75) is 18.4 Å². The van der Waals surface area contributed by atoms with Gasteiger partial charge in [-0.1, -0.05) is 6.92 Å². The van der Waals surface area contributed by atoms with E-state index in [9.17, 15) is 8.42 Å². The molecule has 0 spiro atoms. The van der Waals surface area contributed by atoms with Crippen molar-refractivity contribution in [3.63, 3.8) is 0 Å². The van der Waals surface area contributed by atoms with E-state index in [1.807, 2.05) is 11.8 Å². The zero-order chi connectivity index (χ0) is 14.8. The second kappa shape index (κ2) is 5.90. The number of hydrogen-bond acceptors (Lipinski definition) is 5. The van der Waals surface area contributed by atoms with Gasteiger partial charge in [-0.15, -0.1) is 0 Å². The third-order valence-electron chi connectivity index (χ3n) is 3.28. The number of rotatable bonds is 5. The first kappa shape index (κ1) is 14.9. The number of nitrogens with two attached hydrogens (primary N) is 1. The van der Waals surface area contributed by atoms with Crippen molar-refractivity contribution in [1.82, 2.24) is 19.2 Å². The van der Waals surface area contributed by atoms with Crippen LogP contribution in [0.1, 0.15) is 12.7 Å². The van der Waals surface area contributed by atoms with Crippen LogP contribution in [0.2, 0.25) is 0 Å². The zero-order valence-corrected chi connectivity index (χ0v) is 12.3. The van der Waals surface area contributed by atoms with E-state index >= 15 is 0 Å². The molecular formula is C11H20N6O2S. The molecule has 1 aromatic heterocycles. The van der Waals surface area contributed by atoms with Crippen LogP contribution in [0.3, 0.4) is 0 Å². The van der Waals surface area contributed by atoms with Gasteiger partial charge < -0.3 is 10.7 Å². The van der Waals surface area contributed by atoms with Crippen molar-refractivity contribution in [3.05, 3.63) is 12.0 Å². The van der Waals surface area contributed by atoms with E-state index in [-0.39, 0.29) is 10.9 Å². The molecule has 1 aromatic rings. The molecule has 8 nitrogen and oxygen atoms in total. The Kier molecular flexibility index (Phi) is 4.41. The number of nitrogens with one attached hydrogen (secondary N) is 2. The number of sulfonamides is 1. The second-order valence-electron chi connectivity index (χ2n) is 4.75. The number of H-pyrrole nitrogens is 1. The highest BCUT2D eigenvalue weighted by molar-refractivity contribution is 7.89. The maximum Gasteiger partial charge on any atom is 0.260 e. The fourth-order valence-electron chi connectivity index (χ4n) is 2.16. The Balaban J connectivity index is 2.03. The lowest BCUT2D eigenvalue weighted by Gasteiger charge is -2.33. The molecule has 0 radical (unpaired) electrons. The molecule has 0 bridgehead atoms. The van der Waals surface area contributed by atoms with Gasteiger partial charge in [0.05, 0.1) is 12.7 Å². The number of nitrogens with zero attached hydrogens (tertiary/aromatic N) is 3. The molecule has 2 rings (SSSR count). The first-order chi connectivity index (χ1) is 9.43. The average Bonchev–Trinajstić information content (AvgIpc) is 2.88. The minimum atomic E-state index is -3.50. The summed E-state index contributed by atoms with van der Waals surface area (Å²) in [7, 11) is -3.50. The van der Waals surface area contributed by atoms with Crippen molar-refractivity contribution in [1.29, 1.82) is 5.41 Å². The Morgan fingerprint density at radius 3 is 2.60 bits per heavy atom. The van der Waals surface area contributed by atoms with E-state index in [0.29, 0.717) is 45.0 Å². The third kappa shape index (κ3) is 3.17. The van der Waals surface area contributed by atoms with E-state index in [2.05, 4.69) is 9.97 Å². The number of hydrogen-bond donors (Lipinski definition) is 3. The number of aryl methyl sites for hydroxylation is 1. The minimum Gasteiger partial charge on any atom is -0.387 e. The van der Waals surface area contributed by atoms with Gasteiger partial charge in [-0.2, -0.15) is 4.31 Å². The number of imidazole rings is 1. The van der Waals surface area contributed by atoms with Gasteiger partial charge in [0.15, 0.2) is 5.03 Å². The molecule has 0 unspecified atom stereocenters. The first-order valence-corrected chi connectivity index (χ1v) is 7.96. The predicted octanol–water partition coefficient (Wildman–Crippen LogP) is -0.786. The first-order valence-electron chi connectivity index (χ1n) is 6.52. The summed E-state index contributed by atoms with van der Waals surface area (Å²) in [5.74, 6) is 0.765. The van der Waals surface area contributed by atoms with Gasteiger partial charge in [-0.3, -0.25) is 10.3 Å². The van der Waals surface area contributed by atoms with Crippen LogP contribution in [0.15, 0.2) is 11.2 Å². The maximum atomic E-state index is 12.4. The number of aromatic nitrogens is 2. The smallest absolute Gasteiger partial charge is 0.260 e. The molecule has 1 aliphatic heterocycles. The lowest BCUT2D eigenvalue weighted by Crippen LogP contribution is -2.50. The fraction of sp³-hybridized carbons (Fsp3) is 0.636. The SMILES string of the molecule is CCc1ncc(S(=O)(=O)N2CCN(CC(=N)N)CC2)[nH]1. The third-order valence-corrected chi connectivity index (χ3v) is 5.09. The predicted molar refractivity (Wildman–Crippen MR) is 75.1 cm³/mol. The van der Waals surface area contributed by atoms with Crippen LogP contribution in [0.5, 0.6) is 0 Å². The lowest BCUT2D eigenvalue weighted by atomic mass is 10.3. The molecule has 0 saturated carbocycles. The van der Waals surface area contributed by atoms with Crippen LogP contribution in [0, 0.1) is 5.41 Å². The van der Waals surface area contributed by atoms with E-state index < -0.39 is 10.0 Å². The molecule has 1 aliphatic rings. The van der Waals surface area contributed by atoms with Crippen molar-refractivity contribution < 1.29 is 8.42 Å². The average molecular weight is 300 g/mol. The highest BCUT2D eigenvalue weighted by Crippen LogP contribution is 2.15. The van der Waals surface area contributed by atoms with E-state index in [1.165, 1.54) is 10.5 Å². The normalized spacial score (nSPS) is 18.2. The Hall–Kier alpha value is -1.45. The Labute approximate surface area is 118 Å². The Bertz CT molecular complexity index is 573. The van der Waals surface area contributed by atoms with Crippen LogP contribution in [0.25, 0.3) is 0 Å². The van der Waals surface area contributed by atoms with E-state index in [0.717, 1.165) is 0 Å². The number of piperazine rings is 1. The molecular weight excluding hydrogens is 280 g/mol. The largest absolute Gasteiger partial charge is 0.387 e. The molecule has 9 heteroatoms. The van der Waals surface area contributed by atoms with Crippen molar-refractivity contribution >= 4 is 15.9 Å². The van der Waals surface area contributed by atoms with Crippen LogP contribution in [-0.4, -0.2) is 66.2 Å². The highest BCUT2D eigenvalue weighted by atomic mass is 32.2. The molecule has 1 saturated heterocycles. The van der Waals surface area contributed by atoms with Gasteiger partial charge >= 0.3 is 0 Å². The van der Waals surface area contributed by atoms with Crippen LogP contribution in [-0.2, 0) is 16.4 Å². The van der Waals surface area contributed by atoms with Crippen molar-refractivity contribution in [2.24, 2.45) is 5.73 Å². The molecule has 2 heterocycles. The van der Waals surface area contributed by atoms with Crippen LogP contribution < -0.4 is 5.73 Å². The Morgan fingerprint density at radius 1 is 1.45 bits per heavy atom. The number of aromatic amines is 1. The summed E-state index contributed by atoms with van der Waals surface area (Å²) in [6.07, 6.45) is 2.04. The summed E-state index contributed by atoms with van der Waals surface area (Å²) < 4.78 is 26.3. The van der Waals surface area contributed by atoms with Gasteiger partial charge in [0.1, 0.15) is 11.7 Å². The number of amidine groups is 1. The maximum absolute atomic E-state index is 12.4. The van der Waals surface area contributed by atoms with Gasteiger partial charge in [-0.05, 0) is 0 Å². The second-order valence-corrected chi connectivity index (χ2v) is 6.66. The van der Waals surface area contributed by atoms with Crippen molar-refractivity contribution in [3.8, 4) is 0 Å². The summed E-state index contributed by atoms with van der Waals surface area (Å²) in [4.78, 5) is 8.84. The molecule has 20 heavy (non-hydrogen) atoms. The topological polar surface area (TPSA) is 119 Å². The van der Waals surface area contributed by atoms with Crippen molar-refractivity contribution in [2.75, 3.05) is 32.7 Å². The summed E-state index contributed by atoms with van der Waals surface area (Å²) >= 11 is 0. The standard InChI is InChI=1S/C11H20N6O2S/c1-2-10-14-7-11(15-10)20(18,19)17-5-3-16(4-6-17)8-9(12)13/h7H,2-6,8H2,1H3,(H3,12,13)(H,14,15). The molecule has 0 atom stereocenters. The fourth-order valence-corrected chi connectivity index (χ4v) is 3.52. The molecule has 0 amide bonds. The summed E-state index contributed by atoms with van der Waals surface area (Å²) in [6, 6.07) is 0. The van der Waals surface area contributed by atoms with Gasteiger partial charge in [-0.25, -0.2) is 13.4 Å². The quantitative estimate of drug-likeness (QED) is 0.486. The van der Waals surface area contributed by atoms with E-state index in [4.69, 9.17) is 11.1 Å². The molecule has 4 N–H and O–H groups in total. The van der Waals surface area contributed by atoms with Crippen LogP contribution in [0.4, 0.5) is 0 Å². The molecule has 0 aromatic carbocycles. The molecule has 1 fully saturated rings. The Morgan fingerprint density at radius 2 is 2.10 bits per heavy atom.